The van der Waals surface area contributed by atoms with Crippen LogP contribution in [0.1, 0.15) is 23.3 Å². The van der Waals surface area contributed by atoms with E-state index in [-0.39, 0.29) is 5.78 Å². The first-order chi connectivity index (χ1) is 11.0. The van der Waals surface area contributed by atoms with E-state index in [4.69, 9.17) is 0 Å². The molecule has 2 N–H and O–H groups in total. The number of benzene rings is 1. The minimum atomic E-state index is -1.97. The van der Waals surface area contributed by atoms with Crippen LogP contribution in [0.3, 0.4) is 0 Å². The van der Waals surface area contributed by atoms with Gasteiger partial charge in [0.25, 0.3) is 0 Å². The van der Waals surface area contributed by atoms with Crippen LogP contribution in [0.2, 0.25) is 39.3 Å². The van der Waals surface area contributed by atoms with Crippen molar-refractivity contribution in [3.63, 3.8) is 0 Å². The van der Waals surface area contributed by atoms with Crippen molar-refractivity contribution >= 4 is 21.9 Å². The Hall–Kier alpha value is -1.28. The topological polar surface area (TPSA) is 57.5 Å². The molecule has 0 saturated carbocycles. The van der Waals surface area contributed by atoms with Crippen LogP contribution < -0.4 is 0 Å². The van der Waals surface area contributed by atoms with Crippen molar-refractivity contribution in [2.75, 3.05) is 0 Å². The van der Waals surface area contributed by atoms with Gasteiger partial charge in [0.2, 0.25) is 0 Å². The van der Waals surface area contributed by atoms with Gasteiger partial charge in [0.1, 0.15) is 12.2 Å². The highest BCUT2D eigenvalue weighted by molar-refractivity contribution is 6.94. The average molecular weight is 359 g/mol. The number of hydrogen-bond donors (Lipinski definition) is 2. The maximum Gasteiger partial charge on any atom is 0.177 e. The molecule has 2 aliphatic rings. The number of ketones is 1. The third kappa shape index (κ3) is 2.42. The van der Waals surface area contributed by atoms with Crippen LogP contribution in [-0.2, 0) is 4.79 Å². The Morgan fingerprint density at radius 2 is 1.08 bits per heavy atom. The second-order valence-electron chi connectivity index (χ2n) is 8.84. The van der Waals surface area contributed by atoms with E-state index in [0.29, 0.717) is 11.1 Å². The molecule has 0 amide bonds. The fraction of sp³-hybridized carbons (Fsp3) is 0.421. The standard InChI is InChI=1S/C19H26O3Si2/c1-23(2,3)18-13-14(19(17(18)22)24(4,5)6)16(21)12-10-8-7-9-11(12)15(13)20/h7-10,15-16,20-21H,1-6H3/t15-,16+. The number of aliphatic hydroxyl groups excluding tert-OH is 2. The molecule has 3 nitrogen and oxygen atoms in total. The highest BCUT2D eigenvalue weighted by Gasteiger charge is 2.49. The second-order valence-corrected chi connectivity index (χ2v) is 18.8. The number of fused-ring (bicyclic) bond motifs is 2. The van der Waals surface area contributed by atoms with Crippen LogP contribution in [0.15, 0.2) is 45.8 Å². The highest BCUT2D eigenvalue weighted by atomic mass is 28.3. The number of rotatable bonds is 2. The average Bonchev–Trinajstić information content (AvgIpc) is 2.78. The van der Waals surface area contributed by atoms with Crippen LogP contribution >= 0.6 is 0 Å². The molecule has 0 aromatic heterocycles. The first-order valence-corrected chi connectivity index (χ1v) is 15.5. The molecule has 0 aliphatic heterocycles. The Morgan fingerprint density at radius 3 is 1.38 bits per heavy atom. The summed E-state index contributed by atoms with van der Waals surface area (Å²) in [5, 5.41) is 23.7. The van der Waals surface area contributed by atoms with Gasteiger partial charge in [-0.25, -0.2) is 0 Å². The summed E-state index contributed by atoms with van der Waals surface area (Å²) < 4.78 is 0. The third-order valence-electron chi connectivity index (χ3n) is 4.92. The van der Waals surface area contributed by atoms with Gasteiger partial charge in [-0.15, -0.1) is 0 Å². The summed E-state index contributed by atoms with van der Waals surface area (Å²) in [6.45, 7) is 12.8. The van der Waals surface area contributed by atoms with E-state index in [1.54, 1.807) is 0 Å². The van der Waals surface area contributed by atoms with E-state index in [0.717, 1.165) is 21.5 Å². The summed E-state index contributed by atoms with van der Waals surface area (Å²) in [4.78, 5) is 13.3. The molecule has 0 fully saturated rings. The summed E-state index contributed by atoms with van der Waals surface area (Å²) in [7, 11) is -3.94. The fourth-order valence-electron chi connectivity index (χ4n) is 4.02. The van der Waals surface area contributed by atoms with Crippen molar-refractivity contribution in [1.29, 1.82) is 0 Å². The van der Waals surface area contributed by atoms with Gasteiger partial charge in [-0.2, -0.15) is 0 Å². The van der Waals surface area contributed by atoms with E-state index >= 15 is 0 Å². The third-order valence-corrected chi connectivity index (χ3v) is 8.91. The molecule has 24 heavy (non-hydrogen) atoms. The molecule has 1 aromatic carbocycles. The van der Waals surface area contributed by atoms with Gasteiger partial charge in [-0.05, 0) is 32.7 Å². The number of aliphatic hydroxyl groups is 2. The lowest BCUT2D eigenvalue weighted by atomic mass is 9.81. The maximum atomic E-state index is 13.3. The summed E-state index contributed by atoms with van der Waals surface area (Å²) in [6.07, 6.45) is -1.64. The van der Waals surface area contributed by atoms with Crippen molar-refractivity contribution in [3.05, 3.63) is 56.9 Å². The molecule has 0 bridgehead atoms. The maximum absolute atomic E-state index is 13.3. The summed E-state index contributed by atoms with van der Waals surface area (Å²) in [6, 6.07) is 7.44. The van der Waals surface area contributed by atoms with Crippen LogP contribution in [0.25, 0.3) is 0 Å². The summed E-state index contributed by atoms with van der Waals surface area (Å²) in [5.74, 6) is 0.0873. The molecule has 5 heteroatoms. The van der Waals surface area contributed by atoms with E-state index in [1.165, 1.54) is 0 Å². The quantitative estimate of drug-likeness (QED) is 0.793. The minimum Gasteiger partial charge on any atom is -0.384 e. The Kier molecular flexibility index (Phi) is 3.92. The fourth-order valence-corrected chi connectivity index (χ4v) is 7.91. The Morgan fingerprint density at radius 1 is 0.750 bits per heavy atom. The van der Waals surface area contributed by atoms with Gasteiger partial charge in [0.05, 0.1) is 16.1 Å². The van der Waals surface area contributed by atoms with Crippen LogP contribution in [-0.4, -0.2) is 32.1 Å². The normalized spacial score (nSPS) is 24.4. The minimum absolute atomic E-state index is 0.0873. The predicted octanol–water partition coefficient (Wildman–Crippen LogP) is 3.70. The van der Waals surface area contributed by atoms with E-state index in [1.807, 2.05) is 24.3 Å². The molecule has 3 rings (SSSR count). The zero-order chi connectivity index (χ0) is 18.0. The van der Waals surface area contributed by atoms with Crippen molar-refractivity contribution in [2.45, 2.75) is 51.5 Å². The first kappa shape index (κ1) is 17.5. The number of hydrogen-bond acceptors (Lipinski definition) is 3. The van der Waals surface area contributed by atoms with Gasteiger partial charge in [-0.1, -0.05) is 63.5 Å². The monoisotopic (exact) mass is 358 g/mol. The highest BCUT2D eigenvalue weighted by Crippen LogP contribution is 2.52. The van der Waals surface area contributed by atoms with Gasteiger partial charge in [0.15, 0.2) is 5.78 Å². The van der Waals surface area contributed by atoms with Crippen LogP contribution in [0.5, 0.6) is 0 Å². The predicted molar refractivity (Wildman–Crippen MR) is 102 cm³/mol. The van der Waals surface area contributed by atoms with Gasteiger partial charge in [0, 0.05) is 0 Å². The molecule has 2 aliphatic carbocycles. The lowest BCUT2D eigenvalue weighted by Crippen LogP contribution is -2.35. The van der Waals surface area contributed by atoms with Gasteiger partial charge >= 0.3 is 0 Å². The zero-order valence-electron chi connectivity index (χ0n) is 15.3. The largest absolute Gasteiger partial charge is 0.384 e. The molecule has 0 radical (unpaired) electrons. The van der Waals surface area contributed by atoms with Crippen molar-refractivity contribution in [3.8, 4) is 0 Å². The van der Waals surface area contributed by atoms with E-state index in [2.05, 4.69) is 39.3 Å². The lowest BCUT2D eigenvalue weighted by molar-refractivity contribution is -0.111. The molecule has 0 saturated heterocycles. The van der Waals surface area contributed by atoms with Crippen LogP contribution in [0.4, 0.5) is 0 Å². The van der Waals surface area contributed by atoms with Gasteiger partial charge < -0.3 is 10.2 Å². The Labute approximate surface area is 145 Å². The number of carbonyl (C=O) groups is 1. The molecule has 0 spiro atoms. The molecular weight excluding hydrogens is 332 g/mol. The Balaban J connectivity index is 2.40. The molecule has 2 atom stereocenters. The Bertz CT molecular complexity index is 727. The van der Waals surface area contributed by atoms with E-state index < -0.39 is 28.4 Å². The summed E-state index contributed by atoms with van der Waals surface area (Å²) in [5.41, 5.74) is 2.87. The van der Waals surface area contributed by atoms with Crippen molar-refractivity contribution < 1.29 is 15.0 Å². The van der Waals surface area contributed by atoms with Crippen molar-refractivity contribution in [2.24, 2.45) is 0 Å². The molecule has 0 heterocycles. The molecule has 0 unspecified atom stereocenters. The molecular formula is C19H26O3Si2. The molecule has 1 aromatic rings. The van der Waals surface area contributed by atoms with Gasteiger partial charge in [-0.3, -0.25) is 4.79 Å². The number of carbonyl (C=O) groups excluding carboxylic acids is 1. The van der Waals surface area contributed by atoms with E-state index in [9.17, 15) is 15.0 Å². The zero-order valence-corrected chi connectivity index (χ0v) is 17.3. The van der Waals surface area contributed by atoms with Crippen LogP contribution in [0, 0.1) is 0 Å². The number of Topliss-reactive ketones (excluding diaryl/α,β-unsaturated/α-hetero) is 1. The summed E-state index contributed by atoms with van der Waals surface area (Å²) >= 11 is 0. The molecule has 128 valence electrons. The van der Waals surface area contributed by atoms with Crippen molar-refractivity contribution in [1.82, 2.24) is 0 Å². The second kappa shape index (κ2) is 5.36. The lowest BCUT2D eigenvalue weighted by Gasteiger charge is -2.33. The smallest absolute Gasteiger partial charge is 0.177 e. The number of allylic oxidation sites excluding steroid dienone is 2. The first-order valence-electron chi connectivity index (χ1n) is 8.45. The SMILES string of the molecule is C[Si](C)(C)C1=C2C(=C([Si](C)(C)C)C1=O)[C@H](O)c1ccccc1[C@@H]2O.